The maximum Gasteiger partial charge on any atom is 0.191 e. The average molecular weight is 573 g/mol. The Labute approximate surface area is 213 Å². The number of hydrogen-bond donors (Lipinski definition) is 4. The molecule has 32 heavy (non-hydrogen) atoms. The molecule has 0 radical (unpaired) electrons. The number of ether oxygens (including phenoxy) is 1. The first-order chi connectivity index (χ1) is 14.9. The first-order valence-corrected chi connectivity index (χ1v) is 12.1. The highest BCUT2D eigenvalue weighted by molar-refractivity contribution is 14.0. The van der Waals surface area contributed by atoms with Crippen LogP contribution in [-0.2, 0) is 10.3 Å². The van der Waals surface area contributed by atoms with Crippen molar-refractivity contribution < 1.29 is 9.84 Å². The van der Waals surface area contributed by atoms with E-state index >= 15 is 0 Å². The van der Waals surface area contributed by atoms with Crippen molar-refractivity contribution in [2.75, 3.05) is 32.8 Å². The summed E-state index contributed by atoms with van der Waals surface area (Å²) in [7, 11) is 0. The second-order valence-electron chi connectivity index (χ2n) is 8.50. The van der Waals surface area contributed by atoms with Crippen molar-refractivity contribution in [3.63, 3.8) is 0 Å². The molecule has 1 aliphatic heterocycles. The third-order valence-electron chi connectivity index (χ3n) is 5.90. The van der Waals surface area contributed by atoms with E-state index in [1.807, 2.05) is 36.7 Å². The Bertz CT molecular complexity index is 809. The number of nitrogens with one attached hydrogen (secondary N) is 3. The summed E-state index contributed by atoms with van der Waals surface area (Å²) in [5.41, 5.74) is 1.11. The lowest BCUT2D eigenvalue weighted by Crippen LogP contribution is -2.58. The molecule has 0 aliphatic carbocycles. The minimum Gasteiger partial charge on any atom is -0.383 e. The van der Waals surface area contributed by atoms with E-state index in [9.17, 15) is 5.11 Å². The highest BCUT2D eigenvalue weighted by atomic mass is 127. The number of guanidine groups is 1. The van der Waals surface area contributed by atoms with E-state index in [4.69, 9.17) is 4.74 Å². The fraction of sp³-hybridized carbons (Fsp3) is 0.542. The van der Waals surface area contributed by atoms with Gasteiger partial charge >= 0.3 is 0 Å². The molecule has 2 unspecified atom stereocenters. The Kier molecular flexibility index (Phi) is 10.9. The molecule has 2 atom stereocenters. The molecular weight excluding hydrogens is 535 g/mol. The maximum atomic E-state index is 10.8. The Morgan fingerprint density at radius 2 is 1.94 bits per heavy atom. The summed E-state index contributed by atoms with van der Waals surface area (Å²) in [5.74, 6) is 0.720. The van der Waals surface area contributed by atoms with Crippen molar-refractivity contribution in [2.24, 2.45) is 4.99 Å². The van der Waals surface area contributed by atoms with Crippen molar-refractivity contribution >= 4 is 41.3 Å². The van der Waals surface area contributed by atoms with Gasteiger partial charge in [0.1, 0.15) is 5.60 Å². The van der Waals surface area contributed by atoms with Gasteiger partial charge in [0.25, 0.3) is 0 Å². The summed E-state index contributed by atoms with van der Waals surface area (Å²) < 4.78 is 5.65. The van der Waals surface area contributed by atoms with Crippen LogP contribution >= 0.6 is 35.3 Å². The summed E-state index contributed by atoms with van der Waals surface area (Å²) in [6, 6.07) is 12.7. The van der Waals surface area contributed by atoms with E-state index in [0.717, 1.165) is 50.7 Å². The predicted molar refractivity (Wildman–Crippen MR) is 144 cm³/mol. The Balaban J connectivity index is 0.00000363. The molecule has 0 amide bonds. The van der Waals surface area contributed by atoms with Crippen LogP contribution in [0.2, 0.25) is 0 Å². The van der Waals surface area contributed by atoms with Gasteiger partial charge < -0.3 is 25.8 Å². The van der Waals surface area contributed by atoms with Gasteiger partial charge in [0.05, 0.1) is 6.54 Å². The summed E-state index contributed by atoms with van der Waals surface area (Å²) in [4.78, 5) is 4.68. The normalized spacial score (nSPS) is 18.8. The van der Waals surface area contributed by atoms with Crippen molar-refractivity contribution in [3.05, 3.63) is 58.3 Å². The third-order valence-corrected chi connectivity index (χ3v) is 6.58. The summed E-state index contributed by atoms with van der Waals surface area (Å²) in [6.45, 7) is 9.36. The van der Waals surface area contributed by atoms with Crippen LogP contribution in [0.3, 0.4) is 0 Å². The van der Waals surface area contributed by atoms with Crippen molar-refractivity contribution in [3.8, 4) is 0 Å². The molecular formula is C24H37IN4O2S. The molecule has 0 saturated carbocycles. The van der Waals surface area contributed by atoms with Crippen LogP contribution in [0.15, 0.2) is 52.2 Å². The van der Waals surface area contributed by atoms with Crippen LogP contribution in [0.5, 0.6) is 0 Å². The molecule has 1 fully saturated rings. The molecule has 2 heterocycles. The van der Waals surface area contributed by atoms with Crippen LogP contribution < -0.4 is 16.0 Å². The summed E-state index contributed by atoms with van der Waals surface area (Å²) in [6.07, 6.45) is 1.87. The standard InChI is InChI=1S/C24H36N4O2S.HI/c1-4-25-22(26-17-23(3,29)21-10-15-31-16-21)27-18-24(11-13-30-14-12-24)28-19(2)20-8-6-5-7-9-20;/h5-10,15-16,19,28-29H,4,11-14,17-18H2,1-3H3,(H2,25,26,27);1H. The molecule has 178 valence electrons. The monoisotopic (exact) mass is 572 g/mol. The average Bonchev–Trinajstić information content (AvgIpc) is 3.33. The number of rotatable bonds is 9. The van der Waals surface area contributed by atoms with Crippen LogP contribution in [-0.4, -0.2) is 49.5 Å². The quantitative estimate of drug-likeness (QED) is 0.208. The zero-order chi connectivity index (χ0) is 22.2. The van der Waals surface area contributed by atoms with E-state index < -0.39 is 5.60 Å². The first kappa shape index (κ1) is 27.0. The topological polar surface area (TPSA) is 77.9 Å². The molecule has 1 saturated heterocycles. The summed E-state index contributed by atoms with van der Waals surface area (Å²) >= 11 is 1.58. The van der Waals surface area contributed by atoms with E-state index in [1.165, 1.54) is 5.56 Å². The molecule has 0 spiro atoms. The number of aliphatic imine (C=N–C) groups is 1. The van der Waals surface area contributed by atoms with Gasteiger partial charge in [-0.1, -0.05) is 30.3 Å². The number of benzene rings is 1. The van der Waals surface area contributed by atoms with Gasteiger partial charge in [-0.05, 0) is 61.6 Å². The zero-order valence-corrected chi connectivity index (χ0v) is 22.4. The fourth-order valence-corrected chi connectivity index (χ4v) is 4.69. The van der Waals surface area contributed by atoms with E-state index in [1.54, 1.807) is 11.3 Å². The Morgan fingerprint density at radius 3 is 2.56 bits per heavy atom. The highest BCUT2D eigenvalue weighted by Crippen LogP contribution is 2.25. The van der Waals surface area contributed by atoms with Crippen LogP contribution in [0.25, 0.3) is 0 Å². The number of halogens is 1. The van der Waals surface area contributed by atoms with E-state index in [-0.39, 0.29) is 35.6 Å². The predicted octanol–water partition coefficient (Wildman–Crippen LogP) is 4.03. The van der Waals surface area contributed by atoms with Gasteiger partial charge in [0.15, 0.2) is 5.96 Å². The van der Waals surface area contributed by atoms with Crippen molar-refractivity contribution in [1.29, 1.82) is 0 Å². The van der Waals surface area contributed by atoms with Crippen molar-refractivity contribution in [1.82, 2.24) is 16.0 Å². The van der Waals surface area contributed by atoms with Crippen LogP contribution in [0.1, 0.15) is 50.8 Å². The van der Waals surface area contributed by atoms with Crippen molar-refractivity contribution in [2.45, 2.75) is 50.8 Å². The maximum absolute atomic E-state index is 10.8. The van der Waals surface area contributed by atoms with Gasteiger partial charge in [-0.2, -0.15) is 11.3 Å². The van der Waals surface area contributed by atoms with Gasteiger partial charge in [0, 0.05) is 37.9 Å². The zero-order valence-electron chi connectivity index (χ0n) is 19.3. The number of nitrogens with zero attached hydrogens (tertiary/aromatic N) is 1. The van der Waals surface area contributed by atoms with E-state index in [2.05, 4.69) is 52.1 Å². The SMILES string of the molecule is CCNC(=NCC(C)(O)c1ccsc1)NCC1(NC(C)c2ccccc2)CCOCC1.I. The number of hydrogen-bond acceptors (Lipinski definition) is 5. The molecule has 3 rings (SSSR count). The molecule has 0 bridgehead atoms. The van der Waals surface area contributed by atoms with Crippen LogP contribution in [0.4, 0.5) is 0 Å². The molecule has 4 N–H and O–H groups in total. The second kappa shape index (κ2) is 12.9. The third kappa shape index (κ3) is 7.69. The van der Waals surface area contributed by atoms with E-state index in [0.29, 0.717) is 6.54 Å². The lowest BCUT2D eigenvalue weighted by atomic mass is 9.88. The molecule has 1 aromatic carbocycles. The van der Waals surface area contributed by atoms with Gasteiger partial charge in [-0.15, -0.1) is 24.0 Å². The minimum atomic E-state index is -0.987. The number of aliphatic hydroxyl groups is 1. The Morgan fingerprint density at radius 1 is 1.22 bits per heavy atom. The van der Waals surface area contributed by atoms with Gasteiger partial charge in [-0.25, -0.2) is 4.99 Å². The first-order valence-electron chi connectivity index (χ1n) is 11.1. The molecule has 2 aromatic rings. The lowest BCUT2D eigenvalue weighted by Gasteiger charge is -2.41. The molecule has 1 aliphatic rings. The fourth-order valence-electron chi connectivity index (χ4n) is 3.91. The number of thiophene rings is 1. The van der Waals surface area contributed by atoms with Crippen LogP contribution in [0, 0.1) is 0 Å². The minimum absolute atomic E-state index is 0. The molecule has 1 aromatic heterocycles. The lowest BCUT2D eigenvalue weighted by molar-refractivity contribution is 0.0354. The smallest absolute Gasteiger partial charge is 0.191 e. The second-order valence-corrected chi connectivity index (χ2v) is 9.28. The molecule has 8 heteroatoms. The highest BCUT2D eigenvalue weighted by Gasteiger charge is 2.34. The molecule has 6 nitrogen and oxygen atoms in total. The van der Waals surface area contributed by atoms with Gasteiger partial charge in [-0.3, -0.25) is 0 Å². The van der Waals surface area contributed by atoms with Gasteiger partial charge in [0.2, 0.25) is 0 Å². The summed E-state index contributed by atoms with van der Waals surface area (Å²) in [5, 5.41) is 25.5. The largest absolute Gasteiger partial charge is 0.383 e. The Hall–Kier alpha value is -1.20.